The zero-order chi connectivity index (χ0) is 64.2. The monoisotopic (exact) mass is 1240 g/mol. The number of phenols is 1. The number of para-hydroxylation sites is 2. The van der Waals surface area contributed by atoms with Crippen LogP contribution in [-0.4, -0.2) is 157 Å². The first-order chi connectivity index (χ1) is 41.3. The molecule has 0 fully saturated rings. The number of amides is 9. The Balaban J connectivity index is 1.25. The van der Waals surface area contributed by atoms with Gasteiger partial charge in [0.15, 0.2) is 0 Å². The number of nitrogens with one attached hydrogen (secondary N) is 11. The first-order valence-corrected chi connectivity index (χ1v) is 31.0. The Bertz CT molecular complexity index is 3210. The molecule has 0 aliphatic carbocycles. The van der Waals surface area contributed by atoms with Gasteiger partial charge in [-0.25, -0.2) is 4.79 Å². The van der Waals surface area contributed by atoms with E-state index in [4.69, 9.17) is 5.73 Å². The Kier molecular flexibility index (Phi) is 26.5. The van der Waals surface area contributed by atoms with Crippen LogP contribution in [0.25, 0.3) is 21.8 Å². The van der Waals surface area contributed by atoms with Gasteiger partial charge in [0.05, 0.1) is 6.04 Å². The highest BCUT2D eigenvalue weighted by molar-refractivity contribution is 7.98. The van der Waals surface area contributed by atoms with Crippen LogP contribution in [0.5, 0.6) is 5.75 Å². The molecule has 0 aliphatic rings. The van der Waals surface area contributed by atoms with Gasteiger partial charge in [-0.15, -0.1) is 0 Å². The van der Waals surface area contributed by atoms with E-state index in [0.717, 1.165) is 27.4 Å². The zero-order valence-corrected chi connectivity index (χ0v) is 52.2. The molecular weight excluding hydrogens is 1160 g/mol. The second kappa shape index (κ2) is 33.1. The van der Waals surface area contributed by atoms with Gasteiger partial charge in [0.1, 0.15) is 60.1 Å². The molecule has 3 aromatic carbocycles. The Hall–Kier alpha value is -8.10. The summed E-state index contributed by atoms with van der Waals surface area (Å²) in [4.78, 5) is 144. The van der Waals surface area contributed by atoms with E-state index in [1.54, 1.807) is 53.3 Å². The summed E-state index contributed by atoms with van der Waals surface area (Å²) in [6.45, 7) is 13.0. The van der Waals surface area contributed by atoms with Gasteiger partial charge < -0.3 is 73.8 Å². The average molecular weight is 1240 g/mol. The third-order valence-electron chi connectivity index (χ3n) is 15.0. The summed E-state index contributed by atoms with van der Waals surface area (Å²) in [6.07, 6.45) is 5.85. The molecule has 0 unspecified atom stereocenters. The minimum Gasteiger partial charge on any atom is -0.508 e. The molecule has 2 aromatic heterocycles. The number of thioether (sulfide) groups is 1. The number of carbonyl (C=O) groups excluding carboxylic acids is 9. The largest absolute Gasteiger partial charge is 0.508 e. The van der Waals surface area contributed by atoms with Gasteiger partial charge in [-0.2, -0.15) is 24.4 Å². The van der Waals surface area contributed by atoms with Crippen LogP contribution in [0.1, 0.15) is 84.9 Å². The number of carbonyl (C=O) groups is 10. The Morgan fingerprint density at radius 1 is 0.517 bits per heavy atom. The lowest BCUT2D eigenvalue weighted by Gasteiger charge is -2.30. The van der Waals surface area contributed by atoms with E-state index < -0.39 is 137 Å². The summed E-state index contributed by atoms with van der Waals surface area (Å²) in [7, 11) is 0. The molecular formula is C61H84N12O12S2. The van der Waals surface area contributed by atoms with Crippen molar-refractivity contribution in [1.82, 2.24) is 57.8 Å². The number of aromatic hydroxyl groups is 1. The minimum absolute atomic E-state index is 0.0189. The Morgan fingerprint density at radius 3 is 1.47 bits per heavy atom. The second-order valence-corrected chi connectivity index (χ2v) is 23.8. The normalized spacial score (nSPS) is 15.2. The molecule has 472 valence electrons. The molecule has 0 saturated heterocycles. The summed E-state index contributed by atoms with van der Waals surface area (Å²) >= 11 is 5.79. The fourth-order valence-electron chi connectivity index (χ4n) is 9.53. The number of aromatic nitrogens is 2. The van der Waals surface area contributed by atoms with Crippen molar-refractivity contribution >= 4 is 105 Å². The van der Waals surface area contributed by atoms with Crippen LogP contribution in [0.3, 0.4) is 0 Å². The molecule has 5 aromatic rings. The lowest BCUT2D eigenvalue weighted by Crippen LogP contribution is -2.62. The van der Waals surface area contributed by atoms with E-state index in [1.165, 1.54) is 49.9 Å². The van der Waals surface area contributed by atoms with E-state index in [-0.39, 0.29) is 37.2 Å². The zero-order valence-electron chi connectivity index (χ0n) is 50.4. The molecule has 11 atom stereocenters. The van der Waals surface area contributed by atoms with Crippen molar-refractivity contribution in [2.75, 3.05) is 17.8 Å². The highest BCUT2D eigenvalue weighted by Gasteiger charge is 2.37. The second-order valence-electron chi connectivity index (χ2n) is 22.4. The summed E-state index contributed by atoms with van der Waals surface area (Å²) in [5, 5.41) is 45.0. The number of fused-ring (bicyclic) bond motifs is 2. The first-order valence-electron chi connectivity index (χ1n) is 29.0. The molecule has 9 amide bonds. The maximum Gasteiger partial charge on any atom is 0.326 e. The van der Waals surface area contributed by atoms with Crippen LogP contribution in [0, 0.1) is 17.8 Å². The van der Waals surface area contributed by atoms with Crippen LogP contribution in [-0.2, 0) is 67.2 Å². The number of H-pyrrole nitrogens is 2. The van der Waals surface area contributed by atoms with Crippen LogP contribution in [0.2, 0.25) is 0 Å². The predicted octanol–water partition coefficient (Wildman–Crippen LogP) is 2.24. The molecule has 0 spiro atoms. The van der Waals surface area contributed by atoms with E-state index >= 15 is 0 Å². The maximum absolute atomic E-state index is 14.6. The minimum atomic E-state index is -1.37. The van der Waals surface area contributed by atoms with Gasteiger partial charge in [-0.3, -0.25) is 43.2 Å². The summed E-state index contributed by atoms with van der Waals surface area (Å²) in [5.74, 6) is -9.38. The average Bonchev–Trinajstić information content (AvgIpc) is 2.23. The van der Waals surface area contributed by atoms with E-state index in [0.29, 0.717) is 23.3 Å². The summed E-state index contributed by atoms with van der Waals surface area (Å²) < 4.78 is 0. The number of phenolic OH excluding ortho intramolecular Hbond substituents is 1. The Labute approximate surface area is 515 Å². The predicted molar refractivity (Wildman–Crippen MR) is 336 cm³/mol. The number of rotatable bonds is 33. The van der Waals surface area contributed by atoms with Gasteiger partial charge >= 0.3 is 5.97 Å². The number of hydrogen-bond acceptors (Lipinski definition) is 14. The quantitative estimate of drug-likeness (QED) is 0.0268. The molecule has 15 N–H and O–H groups in total. The van der Waals surface area contributed by atoms with Crippen molar-refractivity contribution in [3.63, 3.8) is 0 Å². The molecule has 2 heterocycles. The smallest absolute Gasteiger partial charge is 0.326 e. The number of thiol groups is 1. The van der Waals surface area contributed by atoms with Crippen LogP contribution in [0.15, 0.2) is 85.2 Å². The molecule has 0 saturated carbocycles. The number of hydrogen-bond donors (Lipinski definition) is 15. The number of aliphatic carboxylic acids is 1. The molecule has 87 heavy (non-hydrogen) atoms. The van der Waals surface area contributed by atoms with Gasteiger partial charge in [0, 0.05) is 52.8 Å². The highest BCUT2D eigenvalue weighted by Crippen LogP contribution is 2.22. The fourth-order valence-corrected chi connectivity index (χ4v) is 10.3. The SMILES string of the molecule is CC[C@H](C)[C@H](NC(=O)[C@@H](N)Cc1c[nH]c2ccccc12)C(=O)N[C@@H](CS)C(=O)N[C@@H](Cc1c[nH]c2ccccc12)C(=O)N[C@H](C(=O)N[C@H](C(=O)N[C@@H](C)C(=O)N[C@@H](CCSC)C(=O)N[C@@H](C)C(=O)N[C@@H](Cc1ccc(O)cc1)C(=O)O)C(C)C)C(C)C. The number of carboxylic acids is 1. The molecule has 0 aliphatic heterocycles. The third kappa shape index (κ3) is 20.0. The topological polar surface area (TPSA) is 377 Å². The highest BCUT2D eigenvalue weighted by atomic mass is 32.2. The van der Waals surface area contributed by atoms with Crippen LogP contribution >= 0.6 is 24.4 Å². The van der Waals surface area contributed by atoms with Crippen molar-refractivity contribution in [3.8, 4) is 5.75 Å². The van der Waals surface area contributed by atoms with E-state index in [9.17, 15) is 58.2 Å². The summed E-state index contributed by atoms with van der Waals surface area (Å²) in [6, 6.07) is 8.31. The van der Waals surface area contributed by atoms with Crippen molar-refractivity contribution in [2.45, 2.75) is 148 Å². The Morgan fingerprint density at radius 2 is 0.954 bits per heavy atom. The van der Waals surface area contributed by atoms with Gasteiger partial charge in [-0.05, 0) is 97.4 Å². The fraction of sp³-hybridized carbons (Fsp3) is 0.475. The molecule has 0 radical (unpaired) electrons. The van der Waals surface area contributed by atoms with Crippen LogP contribution < -0.4 is 53.6 Å². The third-order valence-corrected chi connectivity index (χ3v) is 16.0. The van der Waals surface area contributed by atoms with Crippen molar-refractivity contribution < 1.29 is 58.2 Å². The van der Waals surface area contributed by atoms with E-state index in [1.807, 2.05) is 55.5 Å². The first kappa shape index (κ1) is 69.7. The number of benzene rings is 3. The lowest BCUT2D eigenvalue weighted by molar-refractivity contribution is -0.142. The van der Waals surface area contributed by atoms with Gasteiger partial charge in [0.25, 0.3) is 0 Å². The number of carboxylic acid groups (broad SMARTS) is 1. The lowest BCUT2D eigenvalue weighted by atomic mass is 9.97. The van der Waals surface area contributed by atoms with Gasteiger partial charge in [-0.1, -0.05) is 96.5 Å². The molecule has 24 nitrogen and oxygen atoms in total. The van der Waals surface area contributed by atoms with Crippen molar-refractivity contribution in [1.29, 1.82) is 0 Å². The van der Waals surface area contributed by atoms with Crippen LogP contribution in [0.4, 0.5) is 0 Å². The number of aromatic amines is 2. The number of nitrogens with two attached hydrogens (primary N) is 1. The van der Waals surface area contributed by atoms with Crippen molar-refractivity contribution in [2.24, 2.45) is 23.5 Å². The summed E-state index contributed by atoms with van der Waals surface area (Å²) in [5.41, 5.74) is 10.0. The molecule has 5 rings (SSSR count). The standard InChI is InChI=1S/C61H84N12O12S2/c1-10-33(6)51(73-54(77)42(62)26-37-28-63-43-17-13-11-15-40(37)43)60(83)70-48(30-86)57(80)68-46(27-38-29-64-44-18-14-12-16-41(38)44)56(79)71-50(32(4)5)59(82)72-49(31(2)3)58(81)66-35(8)52(75)67-45(23-24-87-9)55(78)65-34(7)53(76)69-47(61(84)85)25-36-19-21-39(74)22-20-36/h11-22,28-29,31-35,42,45-51,63-64,74,86H,10,23-27,30,62H2,1-9H3,(H,65,78)(H,66,81)(H,67,75)(H,68,80)(H,69,76)(H,70,83)(H,71,79)(H,72,82)(H,73,77)(H,84,85)/t33-,34-,35-,42-,45-,46-,47-,48-,49-,50-,51-/m0/s1. The molecule has 26 heteroatoms. The molecule has 0 bridgehead atoms. The van der Waals surface area contributed by atoms with Crippen molar-refractivity contribution in [3.05, 3.63) is 102 Å². The van der Waals surface area contributed by atoms with Gasteiger partial charge in [0.2, 0.25) is 53.2 Å². The van der Waals surface area contributed by atoms with E-state index in [2.05, 4.69) is 70.4 Å². The maximum atomic E-state index is 14.6.